The van der Waals surface area contributed by atoms with Gasteiger partial charge in [0.2, 0.25) is 0 Å². The molecule has 0 spiro atoms. The zero-order valence-corrected chi connectivity index (χ0v) is 2.14. The maximum Gasteiger partial charge on any atom is 0.479 e. The predicted octanol–water partition coefficient (Wildman–Crippen LogP) is -0.964. The molecule has 0 saturated carbocycles. The molecule has 2 nitrogen and oxygen atoms in total. The predicted molar refractivity (Wildman–Crippen MR) is 13.9 cm³/mol. The van der Waals surface area contributed by atoms with Crippen LogP contribution in [-0.4, -0.2) is 18.6 Å². The van der Waals surface area contributed by atoms with Crippen molar-refractivity contribution in [3.8, 4) is 0 Å². The fourth-order valence-corrected chi connectivity index (χ4v) is 0.0430. The van der Waals surface area contributed by atoms with E-state index in [-0.39, 0.29) is 0 Å². The Kier molecular flexibility index (Phi) is 0.265. The summed E-state index contributed by atoms with van der Waals surface area (Å²) in [5.41, 5.74) is 0. The van der Waals surface area contributed by atoms with Crippen molar-refractivity contribution in [2.45, 2.75) is 0 Å². The van der Waals surface area contributed by atoms with E-state index in [0.717, 1.165) is 0 Å². The fraction of sp³-hybridized carbons (Fsp3) is 1.00. The summed E-state index contributed by atoms with van der Waals surface area (Å²) in [5.74, 6) is 0. The van der Waals surface area contributed by atoms with E-state index < -0.39 is 7.12 Å². The Hall–Kier alpha value is -0.0151. The van der Waals surface area contributed by atoms with Crippen molar-refractivity contribution >= 4 is 7.12 Å². The van der Waals surface area contributed by atoms with E-state index in [4.69, 9.17) is 5.02 Å². The molecule has 1 aliphatic rings. The van der Waals surface area contributed by atoms with Gasteiger partial charge in [0, 0.05) is 0 Å². The normalized spacial score (nSPS) is 21.8. The van der Waals surface area contributed by atoms with Gasteiger partial charge in [-0.2, -0.15) is 0 Å². The van der Waals surface area contributed by atoms with Crippen LogP contribution in [0.5, 0.6) is 0 Å². The lowest BCUT2D eigenvalue weighted by molar-refractivity contribution is 0.482. The molecule has 0 aromatic carbocycles. The van der Waals surface area contributed by atoms with Gasteiger partial charge in [0.15, 0.2) is 0 Å². The van der Waals surface area contributed by atoms with Crippen LogP contribution in [-0.2, 0) is 4.65 Å². The quantitative estimate of drug-likeness (QED) is 0.287. The Balaban J connectivity index is 2.17. The first-order chi connectivity index (χ1) is 1.89. The molecule has 1 fully saturated rings. The molecule has 0 unspecified atom stereocenters. The summed E-state index contributed by atoms with van der Waals surface area (Å²) in [6, 6.07) is 0. The molecule has 1 heterocycles. The maximum atomic E-state index is 7.94. The Bertz CT molecular complexity index is 25.2. The molecule has 0 aromatic heterocycles. The average molecular weight is 57.8 g/mol. The third-order valence-corrected chi connectivity index (χ3v) is 0.316. The molecular formula is CH3BO2. The van der Waals surface area contributed by atoms with Crippen LogP contribution in [0.3, 0.4) is 0 Å². The summed E-state index contributed by atoms with van der Waals surface area (Å²) in [7, 11) is -0.417. The molecule has 0 atom stereocenters. The van der Waals surface area contributed by atoms with Gasteiger partial charge < -0.3 is 9.68 Å². The highest BCUT2D eigenvalue weighted by Crippen LogP contribution is 1.94. The van der Waals surface area contributed by atoms with E-state index in [0.29, 0.717) is 6.51 Å². The Morgan fingerprint density at radius 1 is 2.00 bits per heavy atom. The van der Waals surface area contributed by atoms with Crippen molar-refractivity contribution in [2.75, 3.05) is 6.51 Å². The van der Waals surface area contributed by atoms with Crippen LogP contribution in [0.1, 0.15) is 0 Å². The molecule has 1 N–H and O–H groups in total. The maximum absolute atomic E-state index is 7.94. The monoisotopic (exact) mass is 58.0 g/mol. The van der Waals surface area contributed by atoms with Crippen LogP contribution in [0.4, 0.5) is 0 Å². The molecule has 1 saturated heterocycles. The molecule has 0 radical (unpaired) electrons. The van der Waals surface area contributed by atoms with E-state index in [9.17, 15) is 0 Å². The van der Waals surface area contributed by atoms with Gasteiger partial charge in [-0.05, 0) is 0 Å². The van der Waals surface area contributed by atoms with Gasteiger partial charge in [0.1, 0.15) is 0 Å². The van der Waals surface area contributed by atoms with E-state index >= 15 is 0 Å². The zero-order valence-electron chi connectivity index (χ0n) is 2.14. The van der Waals surface area contributed by atoms with Crippen molar-refractivity contribution in [3.05, 3.63) is 0 Å². The van der Waals surface area contributed by atoms with Crippen molar-refractivity contribution < 1.29 is 9.68 Å². The highest BCUT2D eigenvalue weighted by molar-refractivity contribution is 6.51. The first kappa shape index (κ1) is 2.24. The fourth-order valence-electron chi connectivity index (χ4n) is 0.0430. The second-order valence-corrected chi connectivity index (χ2v) is 0.788. The highest BCUT2D eigenvalue weighted by Gasteiger charge is 2.26. The van der Waals surface area contributed by atoms with Gasteiger partial charge in [-0.1, -0.05) is 0 Å². The lowest BCUT2D eigenvalue weighted by Gasteiger charge is -1.45. The summed E-state index contributed by atoms with van der Waals surface area (Å²) in [6.45, 7) is 0.542. The molecule has 4 heavy (non-hydrogen) atoms. The van der Waals surface area contributed by atoms with E-state index in [2.05, 4.69) is 4.65 Å². The van der Waals surface area contributed by atoms with Gasteiger partial charge in [-0.15, -0.1) is 0 Å². The summed E-state index contributed by atoms with van der Waals surface area (Å²) in [5, 5.41) is 7.94. The van der Waals surface area contributed by atoms with Crippen LogP contribution < -0.4 is 0 Å². The highest BCUT2D eigenvalue weighted by atomic mass is 16.6. The van der Waals surface area contributed by atoms with Gasteiger partial charge in [-0.25, -0.2) is 0 Å². The Labute approximate surface area is 24.5 Å². The van der Waals surface area contributed by atoms with Crippen LogP contribution in [0, 0.1) is 0 Å². The second-order valence-electron chi connectivity index (χ2n) is 0.788. The number of rotatable bonds is 0. The standard InChI is InChI=1S/CH3BO2/c3-2-1-4-2/h3H,1H2. The minimum absolute atomic E-state index is 0.417. The van der Waals surface area contributed by atoms with Crippen molar-refractivity contribution in [3.63, 3.8) is 0 Å². The minimum atomic E-state index is -0.417. The molecule has 0 aromatic rings. The molecule has 22 valence electrons. The lowest BCUT2D eigenvalue weighted by atomic mass is 10.1. The third-order valence-electron chi connectivity index (χ3n) is 0.316. The van der Waals surface area contributed by atoms with Crippen molar-refractivity contribution in [1.82, 2.24) is 0 Å². The first-order valence-corrected chi connectivity index (χ1v) is 1.19. The molecule has 1 rings (SSSR count). The average Bonchev–Trinajstić information content (AvgIpc) is 1.75. The van der Waals surface area contributed by atoms with Crippen LogP contribution in [0.2, 0.25) is 0 Å². The third kappa shape index (κ3) is 0.216. The molecule has 1 aliphatic heterocycles. The van der Waals surface area contributed by atoms with Gasteiger partial charge in [0.25, 0.3) is 0 Å². The van der Waals surface area contributed by atoms with E-state index in [1.165, 1.54) is 0 Å². The zero-order chi connectivity index (χ0) is 2.99. The van der Waals surface area contributed by atoms with Gasteiger partial charge >= 0.3 is 7.12 Å². The largest absolute Gasteiger partial charge is 0.479 e. The number of hydrogen-bond acceptors (Lipinski definition) is 2. The summed E-state index contributed by atoms with van der Waals surface area (Å²) < 4.78 is 4.26. The first-order valence-electron chi connectivity index (χ1n) is 1.19. The molecule has 3 heteroatoms. The lowest BCUT2D eigenvalue weighted by Crippen LogP contribution is -1.80. The second kappa shape index (κ2) is 0.473. The topological polar surface area (TPSA) is 32.8 Å². The van der Waals surface area contributed by atoms with Crippen molar-refractivity contribution in [2.24, 2.45) is 0 Å². The van der Waals surface area contributed by atoms with E-state index in [1.54, 1.807) is 0 Å². The molecule has 0 aliphatic carbocycles. The summed E-state index contributed by atoms with van der Waals surface area (Å²) >= 11 is 0. The van der Waals surface area contributed by atoms with Gasteiger partial charge in [0.05, 0.1) is 6.51 Å². The van der Waals surface area contributed by atoms with Crippen LogP contribution >= 0.6 is 0 Å². The SMILES string of the molecule is OB1CO1. The molecule has 0 amide bonds. The Morgan fingerprint density at radius 3 is 2.25 bits per heavy atom. The summed E-state index contributed by atoms with van der Waals surface area (Å²) in [4.78, 5) is 0. The van der Waals surface area contributed by atoms with Crippen LogP contribution in [0.15, 0.2) is 0 Å². The Morgan fingerprint density at radius 2 is 2.25 bits per heavy atom. The smallest absolute Gasteiger partial charge is 0.426 e. The van der Waals surface area contributed by atoms with Gasteiger partial charge in [-0.3, -0.25) is 0 Å². The summed E-state index contributed by atoms with van der Waals surface area (Å²) in [6.07, 6.45) is 0. The molecule has 0 bridgehead atoms. The number of hydrogen-bond donors (Lipinski definition) is 1. The minimum Gasteiger partial charge on any atom is -0.426 e. The van der Waals surface area contributed by atoms with Crippen LogP contribution in [0.25, 0.3) is 0 Å². The van der Waals surface area contributed by atoms with Crippen molar-refractivity contribution in [1.29, 1.82) is 0 Å². The van der Waals surface area contributed by atoms with E-state index in [1.807, 2.05) is 0 Å². The molecular weight excluding hydrogens is 54.8 g/mol.